The number of ether oxygens (including phenoxy) is 3. The number of nitrogens with two attached hydrogens (primary N) is 1. The van der Waals surface area contributed by atoms with E-state index in [9.17, 15) is 14.4 Å². The zero-order valence-electron chi connectivity index (χ0n) is 16.9. The maximum atomic E-state index is 13.5. The van der Waals surface area contributed by atoms with Gasteiger partial charge in [0.05, 0.1) is 18.1 Å². The molecule has 1 aliphatic heterocycles. The first-order chi connectivity index (χ1) is 14.8. The van der Waals surface area contributed by atoms with Gasteiger partial charge in [-0.25, -0.2) is 9.18 Å². The van der Waals surface area contributed by atoms with E-state index in [-0.39, 0.29) is 41.8 Å². The van der Waals surface area contributed by atoms with E-state index in [1.807, 2.05) is 6.07 Å². The number of nitrogens with zero attached hydrogens (tertiary/aromatic N) is 1. The molecule has 0 radical (unpaired) electrons. The van der Waals surface area contributed by atoms with Crippen molar-refractivity contribution in [1.82, 2.24) is 0 Å². The minimum Gasteiger partial charge on any atom is -0.489 e. The number of carbonyl (C=O) groups is 1. The standard InChI is InChI=1S/C23H20BrFN2O4/c1-3-29-23(28)20-13(2)31-22(27)18(11-26)21(20)14-5-4-6-17(10-14)30-12-15-9-16(25)7-8-19(15)24/h4-10,21H,3,12,27H2,1-2H3. The third kappa shape index (κ3) is 4.89. The van der Waals surface area contributed by atoms with Crippen molar-refractivity contribution in [3.63, 3.8) is 0 Å². The number of esters is 1. The van der Waals surface area contributed by atoms with Crippen LogP contribution in [-0.4, -0.2) is 12.6 Å². The van der Waals surface area contributed by atoms with E-state index in [1.54, 1.807) is 44.2 Å². The van der Waals surface area contributed by atoms with Gasteiger partial charge in [-0.1, -0.05) is 28.1 Å². The molecule has 2 aromatic rings. The average Bonchev–Trinajstić information content (AvgIpc) is 2.74. The largest absolute Gasteiger partial charge is 0.489 e. The second-order valence-corrected chi connectivity index (χ2v) is 7.57. The summed E-state index contributed by atoms with van der Waals surface area (Å²) >= 11 is 3.38. The van der Waals surface area contributed by atoms with Gasteiger partial charge in [0.15, 0.2) is 0 Å². The number of hydrogen-bond acceptors (Lipinski definition) is 6. The molecule has 6 nitrogen and oxygen atoms in total. The van der Waals surface area contributed by atoms with E-state index < -0.39 is 11.9 Å². The summed E-state index contributed by atoms with van der Waals surface area (Å²) < 4.78 is 30.7. The topological polar surface area (TPSA) is 94.6 Å². The predicted molar refractivity (Wildman–Crippen MR) is 115 cm³/mol. The van der Waals surface area contributed by atoms with Crippen LogP contribution in [0.3, 0.4) is 0 Å². The van der Waals surface area contributed by atoms with Crippen LogP contribution in [0, 0.1) is 17.1 Å². The van der Waals surface area contributed by atoms with Gasteiger partial charge in [-0.3, -0.25) is 0 Å². The first-order valence-corrected chi connectivity index (χ1v) is 10.3. The molecule has 1 unspecified atom stereocenters. The summed E-state index contributed by atoms with van der Waals surface area (Å²) in [5.41, 5.74) is 7.49. The monoisotopic (exact) mass is 486 g/mol. The van der Waals surface area contributed by atoms with E-state index in [0.717, 1.165) is 4.47 Å². The molecule has 1 aliphatic rings. The van der Waals surface area contributed by atoms with Crippen LogP contribution in [0.25, 0.3) is 0 Å². The lowest BCUT2D eigenvalue weighted by Crippen LogP contribution is -2.25. The van der Waals surface area contributed by atoms with Crippen LogP contribution in [-0.2, 0) is 20.9 Å². The highest BCUT2D eigenvalue weighted by Crippen LogP contribution is 2.40. The van der Waals surface area contributed by atoms with Crippen molar-refractivity contribution in [3.8, 4) is 11.8 Å². The second kappa shape index (κ2) is 9.67. The Hall–Kier alpha value is -3.31. The van der Waals surface area contributed by atoms with Crippen molar-refractivity contribution in [1.29, 1.82) is 5.26 Å². The molecule has 1 heterocycles. The SMILES string of the molecule is CCOC(=O)C1=C(C)OC(N)=C(C#N)C1c1cccc(OCc2cc(F)ccc2Br)c1. The van der Waals surface area contributed by atoms with Crippen molar-refractivity contribution < 1.29 is 23.4 Å². The molecule has 0 spiro atoms. The van der Waals surface area contributed by atoms with Gasteiger partial charge in [0.25, 0.3) is 0 Å². The quantitative estimate of drug-likeness (QED) is 0.588. The van der Waals surface area contributed by atoms with Gasteiger partial charge in [0, 0.05) is 10.0 Å². The van der Waals surface area contributed by atoms with Crippen LogP contribution < -0.4 is 10.5 Å². The molecule has 0 aromatic heterocycles. The molecule has 0 saturated heterocycles. The fourth-order valence-electron chi connectivity index (χ4n) is 3.29. The molecule has 2 N–H and O–H groups in total. The number of nitriles is 1. The van der Waals surface area contributed by atoms with Crippen LogP contribution in [0.1, 0.15) is 30.9 Å². The fraction of sp³-hybridized carbons (Fsp3) is 0.217. The van der Waals surface area contributed by atoms with Crippen LogP contribution in [0.2, 0.25) is 0 Å². The van der Waals surface area contributed by atoms with Crippen LogP contribution in [0.15, 0.2) is 69.7 Å². The average molecular weight is 487 g/mol. The summed E-state index contributed by atoms with van der Waals surface area (Å²) in [6, 6.07) is 13.3. The third-order valence-corrected chi connectivity index (χ3v) is 5.47. The van der Waals surface area contributed by atoms with Crippen LogP contribution in [0.4, 0.5) is 4.39 Å². The lowest BCUT2D eigenvalue weighted by atomic mass is 9.83. The first-order valence-electron chi connectivity index (χ1n) is 9.47. The zero-order chi connectivity index (χ0) is 22.5. The molecule has 2 aromatic carbocycles. The molecule has 0 fully saturated rings. The number of rotatable bonds is 6. The molecule has 0 aliphatic carbocycles. The number of halogens is 2. The van der Waals surface area contributed by atoms with Crippen LogP contribution in [0.5, 0.6) is 5.75 Å². The normalized spacial score (nSPS) is 15.9. The van der Waals surface area contributed by atoms with E-state index in [0.29, 0.717) is 16.9 Å². The molecule has 3 rings (SSSR count). The maximum Gasteiger partial charge on any atom is 0.338 e. The van der Waals surface area contributed by atoms with Gasteiger partial charge >= 0.3 is 5.97 Å². The highest BCUT2D eigenvalue weighted by atomic mass is 79.9. The summed E-state index contributed by atoms with van der Waals surface area (Å²) in [7, 11) is 0. The fourth-order valence-corrected chi connectivity index (χ4v) is 3.65. The molecule has 31 heavy (non-hydrogen) atoms. The highest BCUT2D eigenvalue weighted by molar-refractivity contribution is 9.10. The van der Waals surface area contributed by atoms with Crippen molar-refractivity contribution in [3.05, 3.63) is 86.7 Å². The lowest BCUT2D eigenvalue weighted by molar-refractivity contribution is -0.139. The number of allylic oxidation sites excluding steroid dienone is 2. The Kier molecular flexibility index (Phi) is 6.98. The smallest absolute Gasteiger partial charge is 0.338 e. The Morgan fingerprint density at radius 1 is 1.32 bits per heavy atom. The molecule has 0 bridgehead atoms. The Labute approximate surface area is 187 Å². The second-order valence-electron chi connectivity index (χ2n) is 6.71. The molecule has 0 amide bonds. The van der Waals surface area contributed by atoms with Crippen molar-refractivity contribution in [2.75, 3.05) is 6.61 Å². The lowest BCUT2D eigenvalue weighted by Gasteiger charge is -2.27. The van der Waals surface area contributed by atoms with Gasteiger partial charge in [-0.2, -0.15) is 5.26 Å². The molecular formula is C23H20BrFN2O4. The van der Waals surface area contributed by atoms with Gasteiger partial charge < -0.3 is 19.9 Å². The summed E-state index contributed by atoms with van der Waals surface area (Å²) in [6.45, 7) is 3.59. The van der Waals surface area contributed by atoms with E-state index in [4.69, 9.17) is 19.9 Å². The Morgan fingerprint density at radius 3 is 2.81 bits per heavy atom. The number of hydrogen-bond donors (Lipinski definition) is 1. The van der Waals surface area contributed by atoms with Gasteiger partial charge in [0.2, 0.25) is 5.88 Å². The summed E-state index contributed by atoms with van der Waals surface area (Å²) in [5.74, 6) is -1.01. The maximum absolute atomic E-state index is 13.5. The van der Waals surface area contributed by atoms with Gasteiger partial charge in [0.1, 0.15) is 35.6 Å². The first kappa shape index (κ1) is 22.4. The van der Waals surface area contributed by atoms with Gasteiger partial charge in [-0.15, -0.1) is 0 Å². The minimum absolute atomic E-state index is 0.0620. The number of carbonyl (C=O) groups excluding carboxylic acids is 1. The molecular weight excluding hydrogens is 467 g/mol. The van der Waals surface area contributed by atoms with Crippen molar-refractivity contribution >= 4 is 21.9 Å². The number of benzene rings is 2. The Morgan fingerprint density at radius 2 is 2.10 bits per heavy atom. The summed E-state index contributed by atoms with van der Waals surface area (Å²) in [5, 5.41) is 9.67. The highest BCUT2D eigenvalue weighted by Gasteiger charge is 2.36. The van der Waals surface area contributed by atoms with E-state index in [2.05, 4.69) is 15.9 Å². The van der Waals surface area contributed by atoms with Gasteiger partial charge in [-0.05, 0) is 49.7 Å². The summed E-state index contributed by atoms with van der Waals surface area (Å²) in [6.07, 6.45) is 0. The minimum atomic E-state index is -0.762. The Bertz CT molecular complexity index is 1120. The van der Waals surface area contributed by atoms with E-state index in [1.165, 1.54) is 12.1 Å². The summed E-state index contributed by atoms with van der Waals surface area (Å²) in [4.78, 5) is 12.6. The molecule has 160 valence electrons. The zero-order valence-corrected chi connectivity index (χ0v) is 18.5. The van der Waals surface area contributed by atoms with Crippen LogP contribution >= 0.6 is 15.9 Å². The Balaban J connectivity index is 1.96. The third-order valence-electron chi connectivity index (χ3n) is 4.69. The molecule has 8 heteroatoms. The molecule has 0 saturated carbocycles. The molecule has 1 atom stereocenters. The predicted octanol–water partition coefficient (Wildman–Crippen LogP) is 4.81. The van der Waals surface area contributed by atoms with Crippen molar-refractivity contribution in [2.45, 2.75) is 26.4 Å². The van der Waals surface area contributed by atoms with E-state index >= 15 is 0 Å². The van der Waals surface area contributed by atoms with Crippen molar-refractivity contribution in [2.24, 2.45) is 5.73 Å².